The van der Waals surface area contributed by atoms with Crippen LogP contribution < -0.4 is 0 Å². The van der Waals surface area contributed by atoms with Crippen molar-refractivity contribution < 1.29 is 17.3 Å². The molecule has 0 rings (SSSR count). The minimum Gasteiger partial charge on any atom is -0.418 e. The average Bonchev–Trinajstić information content (AvgIpc) is 2.29. The van der Waals surface area contributed by atoms with Crippen LogP contribution in [0.25, 0.3) is 0 Å². The van der Waals surface area contributed by atoms with Crippen LogP contribution in [0.4, 0.5) is 17.3 Å². The molecule has 117 valence electrons. The van der Waals surface area contributed by atoms with E-state index in [1.165, 1.54) is 70.6 Å². The van der Waals surface area contributed by atoms with E-state index in [2.05, 4.69) is 13.8 Å². The summed E-state index contributed by atoms with van der Waals surface area (Å²) in [6, 6.07) is 0. The van der Waals surface area contributed by atoms with Crippen LogP contribution in [0.5, 0.6) is 0 Å². The summed E-state index contributed by atoms with van der Waals surface area (Å²) in [6.45, 7) is 6.14. The molecule has 0 saturated carbocycles. The van der Waals surface area contributed by atoms with Gasteiger partial charge in [-0.15, -0.1) is 0 Å². The first-order valence-electron chi connectivity index (χ1n) is 7.58. The molecular weight excluding hydrogens is 255 g/mol. The summed E-state index contributed by atoms with van der Waals surface area (Å²) >= 11 is 0. The van der Waals surface area contributed by atoms with E-state index >= 15 is 0 Å². The monoisotopic (exact) mass is 284 g/mol. The predicted molar refractivity (Wildman–Crippen MR) is 76.6 cm³/mol. The molecule has 0 amide bonds. The average molecular weight is 284 g/mol. The van der Waals surface area contributed by atoms with Crippen molar-refractivity contribution in [3.8, 4) is 0 Å². The van der Waals surface area contributed by atoms with Crippen molar-refractivity contribution in [2.24, 2.45) is 0 Å². The van der Waals surface area contributed by atoms with E-state index in [1.54, 1.807) is 0 Å². The molecule has 0 aromatic rings. The molecule has 0 N–H and O–H groups in total. The molecule has 0 aromatic heterocycles. The molecule has 0 bridgehead atoms. The van der Waals surface area contributed by atoms with Gasteiger partial charge in [-0.25, -0.2) is 0 Å². The molecule has 19 heavy (non-hydrogen) atoms. The van der Waals surface area contributed by atoms with E-state index in [9.17, 15) is 17.3 Å². The minimum atomic E-state index is -6.00. The Morgan fingerprint density at radius 1 is 0.632 bits per heavy atom. The summed E-state index contributed by atoms with van der Waals surface area (Å²) < 4.78 is 39.0. The topological polar surface area (TPSA) is 0 Å². The smallest absolute Gasteiger partial charge is 0.418 e. The zero-order valence-electron chi connectivity index (χ0n) is 12.3. The highest BCUT2D eigenvalue weighted by atomic mass is 19.5. The summed E-state index contributed by atoms with van der Waals surface area (Å²) in [5, 5.41) is 0. The first kappa shape index (κ1) is 21.1. The van der Waals surface area contributed by atoms with Gasteiger partial charge in [0.05, 0.1) is 0 Å². The Morgan fingerprint density at radius 3 is 1.16 bits per heavy atom. The molecule has 0 unspecified atom stereocenters. The van der Waals surface area contributed by atoms with Crippen molar-refractivity contribution >= 4 is 7.25 Å². The second-order valence-electron chi connectivity index (χ2n) is 4.88. The Balaban J connectivity index is 0. The molecular formula is C14H29BF4-. The zero-order chi connectivity index (χ0) is 15.0. The molecule has 0 aliphatic heterocycles. The highest BCUT2D eigenvalue weighted by Gasteiger charge is 2.20. The van der Waals surface area contributed by atoms with E-state index in [4.69, 9.17) is 0 Å². The second kappa shape index (κ2) is 15.8. The van der Waals surface area contributed by atoms with Crippen LogP contribution in [0.15, 0.2) is 0 Å². The van der Waals surface area contributed by atoms with Gasteiger partial charge in [0.15, 0.2) is 0 Å². The van der Waals surface area contributed by atoms with Crippen molar-refractivity contribution in [2.75, 3.05) is 0 Å². The Labute approximate surface area is 116 Å². The maximum atomic E-state index is 9.75. The van der Waals surface area contributed by atoms with Crippen molar-refractivity contribution in [1.29, 1.82) is 0 Å². The summed E-state index contributed by atoms with van der Waals surface area (Å²) in [5.41, 5.74) is 0. The molecule has 0 aromatic carbocycles. The molecule has 0 saturated heterocycles. The van der Waals surface area contributed by atoms with Gasteiger partial charge in [0.2, 0.25) is 0 Å². The minimum absolute atomic E-state index is 1.12. The number of hydrogen-bond donors (Lipinski definition) is 0. The third kappa shape index (κ3) is 38.1. The standard InChI is InChI=1S/C14H29.BF4/c1-3-5-7-9-11-13-14-12-10-8-6-4-2;2-1(3,4)5/h1,3-14H2,2H3;/q;-1. The summed E-state index contributed by atoms with van der Waals surface area (Å²) in [4.78, 5) is 0. The molecule has 0 aliphatic rings. The summed E-state index contributed by atoms with van der Waals surface area (Å²) in [6.07, 6.45) is 16.9. The van der Waals surface area contributed by atoms with Crippen molar-refractivity contribution in [3.63, 3.8) is 0 Å². The van der Waals surface area contributed by atoms with Gasteiger partial charge in [-0.05, 0) is 0 Å². The maximum absolute atomic E-state index is 9.75. The molecule has 0 atom stereocenters. The first-order valence-corrected chi connectivity index (χ1v) is 7.58. The summed E-state index contributed by atoms with van der Waals surface area (Å²) in [5.74, 6) is 0. The Morgan fingerprint density at radius 2 is 0.895 bits per heavy atom. The maximum Gasteiger partial charge on any atom is 0.673 e. The molecule has 0 aliphatic carbocycles. The molecule has 0 spiro atoms. The zero-order valence-corrected chi connectivity index (χ0v) is 12.3. The van der Waals surface area contributed by atoms with Gasteiger partial charge in [0.25, 0.3) is 0 Å². The van der Waals surface area contributed by atoms with Gasteiger partial charge >= 0.3 is 7.25 Å². The largest absolute Gasteiger partial charge is 0.673 e. The number of hydrogen-bond acceptors (Lipinski definition) is 0. The molecule has 5 heteroatoms. The van der Waals surface area contributed by atoms with E-state index in [-0.39, 0.29) is 0 Å². The van der Waals surface area contributed by atoms with Crippen molar-refractivity contribution in [1.82, 2.24) is 0 Å². The second-order valence-corrected chi connectivity index (χ2v) is 4.88. The Hall–Kier alpha value is -0.215. The van der Waals surface area contributed by atoms with Crippen LogP contribution in [-0.2, 0) is 0 Å². The van der Waals surface area contributed by atoms with Crippen molar-refractivity contribution in [3.05, 3.63) is 6.92 Å². The molecule has 0 fully saturated rings. The van der Waals surface area contributed by atoms with Crippen LogP contribution >= 0.6 is 0 Å². The lowest BCUT2D eigenvalue weighted by molar-refractivity contribution is 0.368. The lowest BCUT2D eigenvalue weighted by Crippen LogP contribution is -2.02. The summed E-state index contributed by atoms with van der Waals surface area (Å²) in [7, 11) is -6.00. The molecule has 0 nitrogen and oxygen atoms in total. The fourth-order valence-electron chi connectivity index (χ4n) is 1.84. The third-order valence-corrected chi connectivity index (χ3v) is 2.85. The Kier molecular flexibility index (Phi) is 17.6. The van der Waals surface area contributed by atoms with Gasteiger partial charge in [-0.2, -0.15) is 0 Å². The van der Waals surface area contributed by atoms with Crippen LogP contribution in [0.2, 0.25) is 0 Å². The van der Waals surface area contributed by atoms with E-state index in [0.29, 0.717) is 0 Å². The number of rotatable bonds is 11. The fourth-order valence-corrected chi connectivity index (χ4v) is 1.84. The number of unbranched alkanes of at least 4 members (excludes halogenated alkanes) is 11. The lowest BCUT2D eigenvalue weighted by atomic mass is 10.1. The van der Waals surface area contributed by atoms with Crippen LogP contribution in [0.1, 0.15) is 84.0 Å². The normalized spacial score (nSPS) is 11.1. The Bertz CT molecular complexity index is 142. The van der Waals surface area contributed by atoms with Gasteiger partial charge in [-0.1, -0.05) is 90.9 Å². The van der Waals surface area contributed by atoms with E-state index in [1.807, 2.05) is 0 Å². The SMILES string of the molecule is F[B-](F)(F)F.[CH2]CCCCCCCCCCCCC. The van der Waals surface area contributed by atoms with Crippen LogP contribution in [0, 0.1) is 6.92 Å². The van der Waals surface area contributed by atoms with E-state index < -0.39 is 7.25 Å². The highest BCUT2D eigenvalue weighted by Crippen LogP contribution is 2.11. The van der Waals surface area contributed by atoms with Crippen LogP contribution in [0.3, 0.4) is 0 Å². The molecule has 0 heterocycles. The van der Waals surface area contributed by atoms with Gasteiger partial charge in [0, 0.05) is 0 Å². The van der Waals surface area contributed by atoms with E-state index in [0.717, 1.165) is 6.42 Å². The quantitative estimate of drug-likeness (QED) is 0.222. The van der Waals surface area contributed by atoms with Crippen molar-refractivity contribution in [2.45, 2.75) is 84.0 Å². The lowest BCUT2D eigenvalue weighted by Gasteiger charge is -2.01. The fraction of sp³-hybridized carbons (Fsp3) is 0.929. The van der Waals surface area contributed by atoms with Crippen LogP contribution in [-0.4, -0.2) is 7.25 Å². The third-order valence-electron chi connectivity index (χ3n) is 2.85. The van der Waals surface area contributed by atoms with Gasteiger partial charge in [-0.3, -0.25) is 0 Å². The first-order chi connectivity index (χ1) is 8.91. The predicted octanol–water partition coefficient (Wildman–Crippen LogP) is 6.82. The highest BCUT2D eigenvalue weighted by molar-refractivity contribution is 6.50. The molecule has 1 radical (unpaired) electrons. The van der Waals surface area contributed by atoms with Gasteiger partial charge in [0.1, 0.15) is 0 Å². The van der Waals surface area contributed by atoms with Gasteiger partial charge < -0.3 is 17.3 Å². The number of halogens is 4.